The quantitative estimate of drug-likeness (QED) is 0.375. The number of benzene rings is 1. The number of alkyl halides is 1. The Kier molecular flexibility index (Phi) is 5.56. The highest BCUT2D eigenvalue weighted by Gasteiger charge is 2.22. The summed E-state index contributed by atoms with van der Waals surface area (Å²) in [6.45, 7) is -0.154. The second-order valence-corrected chi connectivity index (χ2v) is 4.72. The van der Waals surface area contributed by atoms with Crippen molar-refractivity contribution in [3.05, 3.63) is 39.7 Å². The number of hydrogen-bond donors (Lipinski definition) is 1. The molecule has 108 valence electrons. The van der Waals surface area contributed by atoms with E-state index in [9.17, 15) is 24.1 Å². The Hall–Kier alpha value is -2.03. The molecule has 7 nitrogen and oxygen atoms in total. The fraction of sp³-hybridized carbons (Fsp3) is 0.273. The van der Waals surface area contributed by atoms with Crippen LogP contribution in [0.2, 0.25) is 0 Å². The molecule has 1 atom stereocenters. The smallest absolute Gasteiger partial charge is 0.321 e. The maximum atomic E-state index is 13.1. The molecule has 20 heavy (non-hydrogen) atoms. The van der Waals surface area contributed by atoms with Crippen LogP contribution < -0.4 is 5.32 Å². The lowest BCUT2D eigenvalue weighted by Crippen LogP contribution is -2.34. The molecule has 0 saturated carbocycles. The van der Waals surface area contributed by atoms with Crippen molar-refractivity contribution in [3.8, 4) is 0 Å². The lowest BCUT2D eigenvalue weighted by Gasteiger charge is -2.09. The zero-order chi connectivity index (χ0) is 15.3. The van der Waals surface area contributed by atoms with Gasteiger partial charge in [-0.05, 0) is 12.1 Å². The van der Waals surface area contributed by atoms with Crippen LogP contribution in [0, 0.1) is 15.9 Å². The predicted molar refractivity (Wildman–Crippen MR) is 70.1 cm³/mol. The Bertz CT molecular complexity index is 552. The van der Waals surface area contributed by atoms with E-state index in [4.69, 9.17) is 0 Å². The SMILES string of the molecule is COC(=O)C(Br)CNC(=O)c1cc(F)ccc1[N+](=O)[O-]. The molecule has 1 aromatic carbocycles. The van der Waals surface area contributed by atoms with Crippen LogP contribution in [0.1, 0.15) is 10.4 Å². The van der Waals surface area contributed by atoms with Gasteiger partial charge in [-0.1, -0.05) is 15.9 Å². The fourth-order valence-corrected chi connectivity index (χ4v) is 1.69. The van der Waals surface area contributed by atoms with Gasteiger partial charge in [-0.2, -0.15) is 0 Å². The molecule has 1 amide bonds. The van der Waals surface area contributed by atoms with Crippen molar-refractivity contribution in [1.29, 1.82) is 0 Å². The van der Waals surface area contributed by atoms with Crippen molar-refractivity contribution in [3.63, 3.8) is 0 Å². The lowest BCUT2D eigenvalue weighted by atomic mass is 10.1. The van der Waals surface area contributed by atoms with Crippen molar-refractivity contribution in [2.45, 2.75) is 4.83 Å². The number of hydrogen-bond acceptors (Lipinski definition) is 5. The van der Waals surface area contributed by atoms with Crippen LogP contribution in [0.5, 0.6) is 0 Å². The molecule has 0 fully saturated rings. The normalized spacial score (nSPS) is 11.6. The molecule has 0 spiro atoms. The number of rotatable bonds is 5. The third kappa shape index (κ3) is 3.98. The third-order valence-corrected chi connectivity index (χ3v) is 3.00. The van der Waals surface area contributed by atoms with E-state index in [0.717, 1.165) is 18.2 Å². The summed E-state index contributed by atoms with van der Waals surface area (Å²) >= 11 is 2.97. The maximum Gasteiger partial charge on any atom is 0.321 e. The van der Waals surface area contributed by atoms with Crippen LogP contribution in [0.3, 0.4) is 0 Å². The molecule has 0 saturated heterocycles. The van der Waals surface area contributed by atoms with Crippen LogP contribution in [-0.2, 0) is 9.53 Å². The molecule has 1 N–H and O–H groups in total. The van der Waals surface area contributed by atoms with Crippen LogP contribution in [-0.4, -0.2) is 35.3 Å². The Labute approximate surface area is 121 Å². The van der Waals surface area contributed by atoms with Crippen molar-refractivity contribution < 1.29 is 23.6 Å². The largest absolute Gasteiger partial charge is 0.468 e. The van der Waals surface area contributed by atoms with Gasteiger partial charge in [0, 0.05) is 12.6 Å². The van der Waals surface area contributed by atoms with E-state index < -0.39 is 38.7 Å². The molecule has 0 heterocycles. The zero-order valence-electron chi connectivity index (χ0n) is 10.3. The summed E-state index contributed by atoms with van der Waals surface area (Å²) in [4.78, 5) is 32.0. The first-order chi connectivity index (χ1) is 9.36. The maximum absolute atomic E-state index is 13.1. The van der Waals surface area contributed by atoms with Crippen LogP contribution >= 0.6 is 15.9 Å². The average Bonchev–Trinajstić information content (AvgIpc) is 2.42. The number of nitro benzene ring substituents is 1. The second kappa shape index (κ2) is 6.94. The standard InChI is InChI=1S/C11H10BrFN2O5/c1-20-11(17)8(12)5-14-10(16)7-4-6(13)2-3-9(7)15(18)19/h2-4,8H,5H2,1H3,(H,14,16). The van der Waals surface area contributed by atoms with E-state index in [1.165, 1.54) is 7.11 Å². The summed E-state index contributed by atoms with van der Waals surface area (Å²) in [5.41, 5.74) is -0.937. The number of halogens is 2. The fourth-order valence-electron chi connectivity index (χ4n) is 1.34. The Morgan fingerprint density at radius 1 is 1.55 bits per heavy atom. The molecule has 1 aromatic rings. The number of carbonyl (C=O) groups is 2. The number of nitrogens with zero attached hydrogens (tertiary/aromatic N) is 1. The first kappa shape index (κ1) is 16.0. The number of methoxy groups -OCH3 is 1. The number of carbonyl (C=O) groups excluding carboxylic acids is 2. The summed E-state index contributed by atoms with van der Waals surface area (Å²) in [5, 5.41) is 13.0. The summed E-state index contributed by atoms with van der Waals surface area (Å²) in [6, 6.07) is 2.54. The van der Waals surface area contributed by atoms with Gasteiger partial charge in [0.1, 0.15) is 16.2 Å². The minimum atomic E-state index is -0.857. The van der Waals surface area contributed by atoms with Gasteiger partial charge >= 0.3 is 5.97 Å². The van der Waals surface area contributed by atoms with Crippen LogP contribution in [0.4, 0.5) is 10.1 Å². The molecule has 0 aliphatic rings. The molecule has 0 aromatic heterocycles. The number of amides is 1. The number of nitrogens with one attached hydrogen (secondary N) is 1. The molecular weight excluding hydrogens is 339 g/mol. The van der Waals surface area contributed by atoms with Gasteiger partial charge in [-0.3, -0.25) is 19.7 Å². The number of ether oxygens (including phenoxy) is 1. The summed E-state index contributed by atoms with van der Waals surface area (Å²) < 4.78 is 17.5. The van der Waals surface area contributed by atoms with Gasteiger partial charge in [0.05, 0.1) is 12.0 Å². The Morgan fingerprint density at radius 3 is 2.75 bits per heavy atom. The summed E-state index contributed by atoms with van der Waals surface area (Å²) in [6.07, 6.45) is 0. The summed E-state index contributed by atoms with van der Waals surface area (Å²) in [7, 11) is 1.18. The number of esters is 1. The van der Waals surface area contributed by atoms with E-state index in [1.807, 2.05) is 0 Å². The highest BCUT2D eigenvalue weighted by molar-refractivity contribution is 9.10. The first-order valence-corrected chi connectivity index (χ1v) is 6.22. The van der Waals surface area contributed by atoms with Crippen molar-refractivity contribution in [2.75, 3.05) is 13.7 Å². The molecular formula is C11H10BrFN2O5. The topological polar surface area (TPSA) is 98.5 Å². The lowest BCUT2D eigenvalue weighted by molar-refractivity contribution is -0.385. The first-order valence-electron chi connectivity index (χ1n) is 5.31. The summed E-state index contributed by atoms with van der Waals surface area (Å²) in [5.74, 6) is -2.24. The molecule has 1 rings (SSSR count). The highest BCUT2D eigenvalue weighted by Crippen LogP contribution is 2.19. The second-order valence-electron chi connectivity index (χ2n) is 3.62. The molecule has 0 bridgehead atoms. The van der Waals surface area contributed by atoms with Gasteiger partial charge in [0.2, 0.25) is 0 Å². The van der Waals surface area contributed by atoms with Gasteiger partial charge in [0.15, 0.2) is 0 Å². The molecule has 0 aliphatic carbocycles. The van der Waals surface area contributed by atoms with Gasteiger partial charge < -0.3 is 10.1 Å². The van der Waals surface area contributed by atoms with Crippen molar-refractivity contribution in [2.24, 2.45) is 0 Å². The van der Waals surface area contributed by atoms with E-state index in [0.29, 0.717) is 0 Å². The molecule has 1 unspecified atom stereocenters. The minimum Gasteiger partial charge on any atom is -0.468 e. The molecule has 0 radical (unpaired) electrons. The van der Waals surface area contributed by atoms with E-state index >= 15 is 0 Å². The van der Waals surface area contributed by atoms with Crippen LogP contribution in [0.15, 0.2) is 18.2 Å². The van der Waals surface area contributed by atoms with Gasteiger partial charge in [-0.25, -0.2) is 4.39 Å². The zero-order valence-corrected chi connectivity index (χ0v) is 11.8. The predicted octanol–water partition coefficient (Wildman–Crippen LogP) is 1.40. The van der Waals surface area contributed by atoms with Crippen LogP contribution in [0.25, 0.3) is 0 Å². The Balaban J connectivity index is 2.85. The van der Waals surface area contributed by atoms with Gasteiger partial charge in [-0.15, -0.1) is 0 Å². The number of nitro groups is 1. The average molecular weight is 349 g/mol. The van der Waals surface area contributed by atoms with Gasteiger partial charge in [0.25, 0.3) is 11.6 Å². The van der Waals surface area contributed by atoms with E-state index in [-0.39, 0.29) is 6.54 Å². The van der Waals surface area contributed by atoms with Crippen molar-refractivity contribution >= 4 is 33.5 Å². The monoisotopic (exact) mass is 348 g/mol. The van der Waals surface area contributed by atoms with E-state index in [1.54, 1.807) is 0 Å². The molecule has 0 aliphatic heterocycles. The third-order valence-electron chi connectivity index (χ3n) is 2.30. The molecule has 9 heteroatoms. The van der Waals surface area contributed by atoms with E-state index in [2.05, 4.69) is 26.0 Å². The Morgan fingerprint density at radius 2 is 2.20 bits per heavy atom. The highest BCUT2D eigenvalue weighted by atomic mass is 79.9. The minimum absolute atomic E-state index is 0.154. The van der Waals surface area contributed by atoms with Crippen molar-refractivity contribution in [1.82, 2.24) is 5.32 Å².